The Hall–Kier alpha value is -0.930. The lowest BCUT2D eigenvalue weighted by Crippen LogP contribution is -2.29. The number of fused-ring (bicyclic) bond motifs is 3. The lowest BCUT2D eigenvalue weighted by atomic mass is 9.80. The van der Waals surface area contributed by atoms with Gasteiger partial charge in [-0.15, -0.1) is 0 Å². The molecule has 0 fully saturated rings. The highest BCUT2D eigenvalue weighted by atomic mass is 35.5. The van der Waals surface area contributed by atoms with Crippen molar-refractivity contribution in [3.05, 3.63) is 22.2 Å². The smallest absolute Gasteiger partial charge is 0.166 e. The van der Waals surface area contributed by atoms with Crippen molar-refractivity contribution in [3.63, 3.8) is 0 Å². The van der Waals surface area contributed by atoms with Gasteiger partial charge in [0, 0.05) is 22.7 Å². The molecule has 1 N–H and O–H groups in total. The van der Waals surface area contributed by atoms with E-state index in [4.69, 9.17) is 21.1 Å². The average Bonchev–Trinajstić information content (AvgIpc) is 2.46. The first-order chi connectivity index (χ1) is 9.72. The van der Waals surface area contributed by atoms with E-state index in [1.54, 1.807) is 0 Å². The van der Waals surface area contributed by atoms with Gasteiger partial charge in [0.25, 0.3) is 0 Å². The second kappa shape index (κ2) is 5.82. The predicted molar refractivity (Wildman–Crippen MR) is 81.1 cm³/mol. The Morgan fingerprint density at radius 2 is 2.05 bits per heavy atom. The summed E-state index contributed by atoms with van der Waals surface area (Å²) in [6.07, 6.45) is 3.42. The SMILES string of the molecule is CCCNC1CCC(C)c2c(Cl)cc3c(c21)OCCO3. The molecule has 0 saturated carbocycles. The second-order valence-electron chi connectivity index (χ2n) is 5.70. The third-order valence-electron chi connectivity index (χ3n) is 4.23. The molecule has 1 aliphatic carbocycles. The monoisotopic (exact) mass is 295 g/mol. The van der Waals surface area contributed by atoms with Crippen molar-refractivity contribution in [2.24, 2.45) is 0 Å². The van der Waals surface area contributed by atoms with Gasteiger partial charge in [-0.3, -0.25) is 0 Å². The van der Waals surface area contributed by atoms with E-state index < -0.39 is 0 Å². The van der Waals surface area contributed by atoms with E-state index in [9.17, 15) is 0 Å². The molecule has 3 rings (SSSR count). The minimum atomic E-state index is 0.329. The maximum atomic E-state index is 6.51. The highest BCUT2D eigenvalue weighted by Gasteiger charge is 2.33. The molecule has 1 aromatic carbocycles. The first kappa shape index (κ1) is 14.0. The Labute approximate surface area is 125 Å². The normalized spacial score (nSPS) is 24.4. The van der Waals surface area contributed by atoms with E-state index in [0.717, 1.165) is 42.3 Å². The van der Waals surface area contributed by atoms with Gasteiger partial charge in [0.2, 0.25) is 0 Å². The van der Waals surface area contributed by atoms with Crippen molar-refractivity contribution in [2.75, 3.05) is 19.8 Å². The Morgan fingerprint density at radius 3 is 2.85 bits per heavy atom. The highest BCUT2D eigenvalue weighted by Crippen LogP contribution is 2.50. The van der Waals surface area contributed by atoms with E-state index in [2.05, 4.69) is 19.2 Å². The Balaban J connectivity index is 2.08. The predicted octanol–water partition coefficient (Wildman–Crippen LogP) is 4.05. The van der Waals surface area contributed by atoms with E-state index in [-0.39, 0.29) is 0 Å². The molecule has 20 heavy (non-hydrogen) atoms. The number of hydrogen-bond donors (Lipinski definition) is 1. The van der Waals surface area contributed by atoms with Gasteiger partial charge in [-0.1, -0.05) is 25.4 Å². The molecule has 110 valence electrons. The fourth-order valence-corrected chi connectivity index (χ4v) is 3.66. The Kier molecular flexibility index (Phi) is 4.08. The van der Waals surface area contributed by atoms with Gasteiger partial charge >= 0.3 is 0 Å². The molecule has 0 bridgehead atoms. The van der Waals surface area contributed by atoms with Crippen molar-refractivity contribution in [2.45, 2.75) is 45.1 Å². The number of ether oxygens (including phenoxy) is 2. The molecular weight excluding hydrogens is 274 g/mol. The summed E-state index contributed by atoms with van der Waals surface area (Å²) in [7, 11) is 0. The van der Waals surface area contributed by atoms with Crippen LogP contribution in [0, 0.1) is 0 Å². The molecule has 0 aromatic heterocycles. The maximum absolute atomic E-state index is 6.51. The quantitative estimate of drug-likeness (QED) is 0.912. The lowest BCUT2D eigenvalue weighted by molar-refractivity contribution is 0.167. The molecule has 0 spiro atoms. The molecule has 1 heterocycles. The van der Waals surface area contributed by atoms with Gasteiger partial charge in [0.1, 0.15) is 13.2 Å². The van der Waals surface area contributed by atoms with Crippen LogP contribution in [0.5, 0.6) is 11.5 Å². The summed E-state index contributed by atoms with van der Waals surface area (Å²) in [5, 5.41) is 4.45. The molecule has 1 aliphatic heterocycles. The number of nitrogens with one attached hydrogen (secondary N) is 1. The third kappa shape index (κ3) is 2.38. The molecule has 2 unspecified atom stereocenters. The average molecular weight is 296 g/mol. The summed E-state index contributed by atoms with van der Waals surface area (Å²) < 4.78 is 11.6. The number of rotatable bonds is 3. The zero-order valence-electron chi connectivity index (χ0n) is 12.2. The fourth-order valence-electron chi connectivity index (χ4n) is 3.27. The van der Waals surface area contributed by atoms with Crippen molar-refractivity contribution in [1.29, 1.82) is 0 Å². The number of hydrogen-bond acceptors (Lipinski definition) is 3. The molecule has 0 radical (unpaired) electrons. The maximum Gasteiger partial charge on any atom is 0.166 e. The van der Waals surface area contributed by atoms with Gasteiger partial charge in [-0.05, 0) is 37.3 Å². The first-order valence-electron chi connectivity index (χ1n) is 7.57. The largest absolute Gasteiger partial charge is 0.486 e. The summed E-state index contributed by atoms with van der Waals surface area (Å²) >= 11 is 6.51. The van der Waals surface area contributed by atoms with Gasteiger partial charge < -0.3 is 14.8 Å². The van der Waals surface area contributed by atoms with Gasteiger partial charge in [-0.25, -0.2) is 0 Å². The topological polar surface area (TPSA) is 30.5 Å². The fraction of sp³-hybridized carbons (Fsp3) is 0.625. The zero-order chi connectivity index (χ0) is 14.1. The van der Waals surface area contributed by atoms with Crippen LogP contribution >= 0.6 is 11.6 Å². The first-order valence-corrected chi connectivity index (χ1v) is 7.95. The van der Waals surface area contributed by atoms with E-state index in [1.165, 1.54) is 11.1 Å². The Morgan fingerprint density at radius 1 is 1.25 bits per heavy atom. The summed E-state index contributed by atoms with van der Waals surface area (Å²) in [5.74, 6) is 2.20. The van der Waals surface area contributed by atoms with Crippen molar-refractivity contribution in [3.8, 4) is 11.5 Å². The molecule has 3 nitrogen and oxygen atoms in total. The summed E-state index contributed by atoms with van der Waals surface area (Å²) in [6.45, 7) is 6.67. The highest BCUT2D eigenvalue weighted by molar-refractivity contribution is 6.31. The van der Waals surface area contributed by atoms with Crippen LogP contribution in [0.25, 0.3) is 0 Å². The standard InChI is InChI=1S/C16H22ClNO2/c1-3-6-18-12-5-4-10(2)14-11(17)9-13-16(15(12)14)20-8-7-19-13/h9-10,12,18H,3-8H2,1-2H3. The summed E-state index contributed by atoms with van der Waals surface area (Å²) in [4.78, 5) is 0. The van der Waals surface area contributed by atoms with Crippen molar-refractivity contribution < 1.29 is 9.47 Å². The van der Waals surface area contributed by atoms with Crippen LogP contribution in [0.15, 0.2) is 6.07 Å². The van der Waals surface area contributed by atoms with Crippen molar-refractivity contribution in [1.82, 2.24) is 5.32 Å². The number of benzene rings is 1. The zero-order valence-corrected chi connectivity index (χ0v) is 12.9. The van der Waals surface area contributed by atoms with E-state index >= 15 is 0 Å². The second-order valence-corrected chi connectivity index (χ2v) is 6.10. The molecule has 2 atom stereocenters. The molecule has 1 aromatic rings. The summed E-state index contributed by atoms with van der Waals surface area (Å²) in [5.41, 5.74) is 2.48. The van der Waals surface area contributed by atoms with E-state index in [1.807, 2.05) is 6.07 Å². The molecular formula is C16H22ClNO2. The summed E-state index contributed by atoms with van der Waals surface area (Å²) in [6, 6.07) is 2.25. The van der Waals surface area contributed by atoms with Crippen LogP contribution < -0.4 is 14.8 Å². The molecule has 4 heteroatoms. The molecule has 0 saturated heterocycles. The Bertz CT molecular complexity index is 504. The van der Waals surface area contributed by atoms with Crippen LogP contribution in [0.4, 0.5) is 0 Å². The minimum Gasteiger partial charge on any atom is -0.486 e. The van der Waals surface area contributed by atoms with Gasteiger partial charge in [0.05, 0.1) is 0 Å². The molecule has 2 aliphatic rings. The van der Waals surface area contributed by atoms with Gasteiger partial charge in [-0.2, -0.15) is 0 Å². The lowest BCUT2D eigenvalue weighted by Gasteiger charge is -2.35. The van der Waals surface area contributed by atoms with Crippen molar-refractivity contribution >= 4 is 11.6 Å². The number of halogens is 1. The minimum absolute atomic E-state index is 0.329. The van der Waals surface area contributed by atoms with E-state index in [0.29, 0.717) is 25.2 Å². The van der Waals surface area contributed by atoms with Crippen LogP contribution in [0.2, 0.25) is 5.02 Å². The van der Waals surface area contributed by atoms with Crippen LogP contribution in [-0.4, -0.2) is 19.8 Å². The van der Waals surface area contributed by atoms with Crippen LogP contribution in [0.3, 0.4) is 0 Å². The third-order valence-corrected chi connectivity index (χ3v) is 4.54. The molecule has 0 amide bonds. The van der Waals surface area contributed by atoms with Crippen LogP contribution in [-0.2, 0) is 0 Å². The van der Waals surface area contributed by atoms with Gasteiger partial charge in [0.15, 0.2) is 11.5 Å². The van der Waals surface area contributed by atoms with Crippen LogP contribution in [0.1, 0.15) is 56.2 Å².